The fraction of sp³-hybridized carbons (Fsp3) is 0.250. The number of rotatable bonds is 3. The molecule has 0 radical (unpaired) electrons. The van der Waals surface area contributed by atoms with Crippen LogP contribution in [0.15, 0.2) is 34.9 Å². The van der Waals surface area contributed by atoms with Crippen molar-refractivity contribution in [1.82, 2.24) is 5.16 Å². The molecule has 15 heavy (non-hydrogen) atoms. The van der Waals surface area contributed by atoms with Crippen molar-refractivity contribution in [2.75, 3.05) is 0 Å². The Labute approximate surface area is 97.4 Å². The standard InChI is InChI=1S/C12H12BrNO/c1-2-10-11(8-13)14-15-12(10)9-6-4-3-5-7-9/h3-7H,2,8H2,1H3. The summed E-state index contributed by atoms with van der Waals surface area (Å²) in [6.07, 6.45) is 0.939. The Balaban J connectivity index is 2.49. The first-order valence-corrected chi connectivity index (χ1v) is 6.07. The van der Waals surface area contributed by atoms with Gasteiger partial charge in [0.1, 0.15) is 0 Å². The summed E-state index contributed by atoms with van der Waals surface area (Å²) in [5, 5.41) is 4.80. The molecule has 1 aromatic carbocycles. The summed E-state index contributed by atoms with van der Waals surface area (Å²) in [4.78, 5) is 0. The molecule has 0 N–H and O–H groups in total. The molecular formula is C12H12BrNO. The zero-order chi connectivity index (χ0) is 10.7. The van der Waals surface area contributed by atoms with Crippen LogP contribution in [-0.2, 0) is 11.8 Å². The topological polar surface area (TPSA) is 26.0 Å². The molecule has 0 spiro atoms. The summed E-state index contributed by atoms with van der Waals surface area (Å²) in [6, 6.07) is 10.1. The zero-order valence-corrected chi connectivity index (χ0v) is 10.1. The summed E-state index contributed by atoms with van der Waals surface area (Å²) in [5.41, 5.74) is 3.28. The predicted octanol–water partition coefficient (Wildman–Crippen LogP) is 3.80. The third-order valence-electron chi connectivity index (χ3n) is 2.39. The maximum Gasteiger partial charge on any atom is 0.170 e. The van der Waals surface area contributed by atoms with Crippen molar-refractivity contribution in [3.8, 4) is 11.3 Å². The number of nitrogens with zero attached hydrogens (tertiary/aromatic N) is 1. The fourth-order valence-corrected chi connectivity index (χ4v) is 2.07. The molecule has 0 aliphatic rings. The number of hydrogen-bond acceptors (Lipinski definition) is 2. The van der Waals surface area contributed by atoms with E-state index in [1.165, 1.54) is 5.56 Å². The van der Waals surface area contributed by atoms with E-state index in [0.717, 1.165) is 28.8 Å². The lowest BCUT2D eigenvalue weighted by Crippen LogP contribution is -1.87. The summed E-state index contributed by atoms with van der Waals surface area (Å²) in [5.74, 6) is 0.896. The minimum absolute atomic E-state index is 0.743. The average Bonchev–Trinajstić information content (AvgIpc) is 2.72. The molecule has 2 rings (SSSR count). The van der Waals surface area contributed by atoms with Crippen LogP contribution in [0.1, 0.15) is 18.2 Å². The number of halogens is 1. The van der Waals surface area contributed by atoms with Gasteiger partial charge in [-0.05, 0) is 6.42 Å². The molecule has 0 saturated heterocycles. The van der Waals surface area contributed by atoms with Gasteiger partial charge in [0.2, 0.25) is 0 Å². The van der Waals surface area contributed by atoms with Crippen molar-refractivity contribution in [3.05, 3.63) is 41.6 Å². The van der Waals surface area contributed by atoms with E-state index in [1.54, 1.807) is 0 Å². The molecule has 0 aliphatic heterocycles. The molecule has 0 saturated carbocycles. The zero-order valence-electron chi connectivity index (χ0n) is 8.53. The van der Waals surface area contributed by atoms with E-state index in [9.17, 15) is 0 Å². The maximum absolute atomic E-state index is 5.38. The van der Waals surface area contributed by atoms with Gasteiger partial charge in [0.15, 0.2) is 5.76 Å². The van der Waals surface area contributed by atoms with E-state index in [1.807, 2.05) is 30.3 Å². The van der Waals surface area contributed by atoms with Gasteiger partial charge >= 0.3 is 0 Å². The van der Waals surface area contributed by atoms with Crippen LogP contribution in [0.25, 0.3) is 11.3 Å². The molecule has 3 heteroatoms. The molecule has 78 valence electrons. The maximum atomic E-state index is 5.38. The Morgan fingerprint density at radius 1 is 1.27 bits per heavy atom. The molecule has 0 bridgehead atoms. The van der Waals surface area contributed by atoms with Crippen molar-refractivity contribution in [2.45, 2.75) is 18.7 Å². The van der Waals surface area contributed by atoms with Crippen LogP contribution in [0.2, 0.25) is 0 Å². The van der Waals surface area contributed by atoms with Gasteiger partial charge < -0.3 is 4.52 Å². The van der Waals surface area contributed by atoms with Gasteiger partial charge in [0, 0.05) is 16.5 Å². The van der Waals surface area contributed by atoms with E-state index < -0.39 is 0 Å². The minimum atomic E-state index is 0.743. The van der Waals surface area contributed by atoms with Crippen molar-refractivity contribution in [2.24, 2.45) is 0 Å². The SMILES string of the molecule is CCc1c(CBr)noc1-c1ccccc1. The van der Waals surface area contributed by atoms with Crippen LogP contribution in [-0.4, -0.2) is 5.16 Å². The van der Waals surface area contributed by atoms with Gasteiger partial charge in [-0.2, -0.15) is 0 Å². The largest absolute Gasteiger partial charge is 0.356 e. The van der Waals surface area contributed by atoms with Crippen LogP contribution >= 0.6 is 15.9 Å². The van der Waals surface area contributed by atoms with Crippen LogP contribution in [0.5, 0.6) is 0 Å². The lowest BCUT2D eigenvalue weighted by Gasteiger charge is -1.98. The Bertz CT molecular complexity index is 436. The second-order valence-corrected chi connectivity index (χ2v) is 3.85. The Kier molecular flexibility index (Phi) is 3.21. The highest BCUT2D eigenvalue weighted by Crippen LogP contribution is 2.27. The smallest absolute Gasteiger partial charge is 0.170 e. The van der Waals surface area contributed by atoms with Crippen molar-refractivity contribution < 1.29 is 4.52 Å². The third-order valence-corrected chi connectivity index (χ3v) is 2.92. The highest BCUT2D eigenvalue weighted by atomic mass is 79.9. The highest BCUT2D eigenvalue weighted by molar-refractivity contribution is 9.08. The lowest BCUT2D eigenvalue weighted by molar-refractivity contribution is 0.426. The normalized spacial score (nSPS) is 10.5. The van der Waals surface area contributed by atoms with Crippen LogP contribution < -0.4 is 0 Å². The van der Waals surface area contributed by atoms with Gasteiger partial charge in [-0.1, -0.05) is 58.3 Å². The van der Waals surface area contributed by atoms with Gasteiger partial charge in [0.25, 0.3) is 0 Å². The second kappa shape index (κ2) is 4.62. The van der Waals surface area contributed by atoms with Crippen LogP contribution in [0.3, 0.4) is 0 Å². The lowest BCUT2D eigenvalue weighted by atomic mass is 10.1. The van der Waals surface area contributed by atoms with Crippen molar-refractivity contribution in [3.63, 3.8) is 0 Å². The average molecular weight is 266 g/mol. The molecule has 1 aromatic heterocycles. The molecule has 0 unspecified atom stereocenters. The Morgan fingerprint density at radius 2 is 2.00 bits per heavy atom. The number of hydrogen-bond donors (Lipinski definition) is 0. The number of aromatic nitrogens is 1. The highest BCUT2D eigenvalue weighted by Gasteiger charge is 2.14. The van der Waals surface area contributed by atoms with Gasteiger partial charge in [0.05, 0.1) is 5.69 Å². The first kappa shape index (κ1) is 10.4. The van der Waals surface area contributed by atoms with Crippen LogP contribution in [0.4, 0.5) is 0 Å². The molecule has 2 nitrogen and oxygen atoms in total. The Hall–Kier alpha value is -1.09. The summed E-state index contributed by atoms with van der Waals surface area (Å²) in [7, 11) is 0. The molecule has 0 aliphatic carbocycles. The molecular weight excluding hydrogens is 254 g/mol. The molecule has 1 heterocycles. The fourth-order valence-electron chi connectivity index (χ4n) is 1.63. The van der Waals surface area contributed by atoms with Gasteiger partial charge in [-0.25, -0.2) is 0 Å². The van der Waals surface area contributed by atoms with Crippen molar-refractivity contribution in [1.29, 1.82) is 0 Å². The summed E-state index contributed by atoms with van der Waals surface area (Å²) >= 11 is 3.41. The summed E-state index contributed by atoms with van der Waals surface area (Å²) in [6.45, 7) is 2.12. The second-order valence-electron chi connectivity index (χ2n) is 3.29. The van der Waals surface area contributed by atoms with Gasteiger partial charge in [-0.15, -0.1) is 0 Å². The predicted molar refractivity (Wildman–Crippen MR) is 63.9 cm³/mol. The van der Waals surface area contributed by atoms with Crippen LogP contribution in [0, 0.1) is 0 Å². The van der Waals surface area contributed by atoms with E-state index in [2.05, 4.69) is 28.0 Å². The van der Waals surface area contributed by atoms with E-state index in [-0.39, 0.29) is 0 Å². The first-order valence-electron chi connectivity index (χ1n) is 4.95. The third kappa shape index (κ3) is 1.97. The van der Waals surface area contributed by atoms with E-state index >= 15 is 0 Å². The van der Waals surface area contributed by atoms with Crippen molar-refractivity contribution >= 4 is 15.9 Å². The van der Waals surface area contributed by atoms with Gasteiger partial charge in [-0.3, -0.25) is 0 Å². The number of benzene rings is 1. The Morgan fingerprint density at radius 3 is 2.60 bits per heavy atom. The molecule has 2 aromatic rings. The number of alkyl halides is 1. The monoisotopic (exact) mass is 265 g/mol. The molecule has 0 amide bonds. The minimum Gasteiger partial charge on any atom is -0.356 e. The quantitative estimate of drug-likeness (QED) is 0.790. The summed E-state index contributed by atoms with van der Waals surface area (Å²) < 4.78 is 5.38. The molecule has 0 fully saturated rings. The van der Waals surface area contributed by atoms with E-state index in [0.29, 0.717) is 0 Å². The first-order chi connectivity index (χ1) is 7.36. The molecule has 0 atom stereocenters. The van der Waals surface area contributed by atoms with E-state index in [4.69, 9.17) is 4.52 Å².